The number of phosphoric acid groups is 1. The molecule has 3 atom stereocenters. The first kappa shape index (κ1) is 34.0. The summed E-state index contributed by atoms with van der Waals surface area (Å²) in [5.74, 6) is -0.206. The van der Waals surface area contributed by atoms with Gasteiger partial charge in [-0.05, 0) is 25.7 Å². The quantitative estimate of drug-likeness (QED) is 0.0794. The number of amides is 1. The highest BCUT2D eigenvalue weighted by atomic mass is 31.2. The van der Waals surface area contributed by atoms with Crippen molar-refractivity contribution in [3.05, 3.63) is 24.3 Å². The molecule has 206 valence electrons. The van der Waals surface area contributed by atoms with Gasteiger partial charge in [-0.3, -0.25) is 13.8 Å². The third kappa shape index (κ3) is 21.9. The standard InChI is InChI=1S/C26H51N2O6P/c1-6-8-10-12-14-15-17-19-25(29)24(27-26(30)20-18-16-13-11-9-7-2)23-34-35(31,32)33-22-21-28(3,4)5/h10,12,17,19,24-25,29H,6-9,11,13-16,18,20-23H2,1-5H3,(H-,27,30,31,32)/p+1/b12-10+,19-17+. The van der Waals surface area contributed by atoms with E-state index in [0.717, 1.165) is 44.9 Å². The SMILES string of the molecule is CCC/C=C/CC/C=C/C(O)C(COP(=O)(O)OCC[N+](C)(C)C)NC(=O)CCCCCCCC. The van der Waals surface area contributed by atoms with Crippen LogP contribution in [0.1, 0.15) is 84.5 Å². The van der Waals surface area contributed by atoms with Crippen molar-refractivity contribution in [1.29, 1.82) is 0 Å². The maximum atomic E-state index is 12.5. The zero-order valence-electron chi connectivity index (χ0n) is 22.8. The van der Waals surface area contributed by atoms with Gasteiger partial charge < -0.3 is 19.8 Å². The number of likely N-dealkylation sites (N-methyl/N-ethyl adjacent to an activating group) is 1. The summed E-state index contributed by atoms with van der Waals surface area (Å²) >= 11 is 0. The molecule has 35 heavy (non-hydrogen) atoms. The smallest absolute Gasteiger partial charge is 0.387 e. The summed E-state index contributed by atoms with van der Waals surface area (Å²) in [7, 11) is 1.54. The lowest BCUT2D eigenvalue weighted by Gasteiger charge is -2.25. The monoisotopic (exact) mass is 519 g/mol. The number of nitrogens with one attached hydrogen (secondary N) is 1. The molecule has 0 bridgehead atoms. The first-order valence-electron chi connectivity index (χ1n) is 13.2. The number of aliphatic hydroxyl groups is 1. The molecule has 0 spiro atoms. The Labute approximate surface area is 214 Å². The molecule has 0 rings (SSSR count). The number of allylic oxidation sites excluding steroid dienone is 3. The Morgan fingerprint density at radius 3 is 2.23 bits per heavy atom. The van der Waals surface area contributed by atoms with Gasteiger partial charge in [0.2, 0.25) is 5.91 Å². The average molecular weight is 520 g/mol. The van der Waals surface area contributed by atoms with E-state index >= 15 is 0 Å². The molecule has 0 aliphatic carbocycles. The third-order valence-electron chi connectivity index (χ3n) is 5.41. The van der Waals surface area contributed by atoms with E-state index in [1.807, 2.05) is 27.2 Å². The largest absolute Gasteiger partial charge is 0.472 e. The lowest BCUT2D eigenvalue weighted by Crippen LogP contribution is -2.45. The van der Waals surface area contributed by atoms with Crippen LogP contribution in [0.3, 0.4) is 0 Å². The molecule has 3 unspecified atom stereocenters. The first-order valence-corrected chi connectivity index (χ1v) is 14.7. The van der Waals surface area contributed by atoms with Crippen LogP contribution in [0.5, 0.6) is 0 Å². The van der Waals surface area contributed by atoms with Crippen LogP contribution in [0.15, 0.2) is 24.3 Å². The van der Waals surface area contributed by atoms with Crippen molar-refractivity contribution in [3.63, 3.8) is 0 Å². The second kappa shape index (κ2) is 20.1. The summed E-state index contributed by atoms with van der Waals surface area (Å²) in [6, 6.07) is -0.850. The van der Waals surface area contributed by atoms with Gasteiger partial charge in [-0.1, -0.05) is 76.7 Å². The predicted octanol–water partition coefficient (Wildman–Crippen LogP) is 5.12. The molecule has 0 saturated heterocycles. The average Bonchev–Trinajstić information content (AvgIpc) is 2.77. The summed E-state index contributed by atoms with van der Waals surface area (Å²) in [4.78, 5) is 22.5. The van der Waals surface area contributed by atoms with Gasteiger partial charge in [0.1, 0.15) is 13.2 Å². The fourth-order valence-electron chi connectivity index (χ4n) is 3.18. The van der Waals surface area contributed by atoms with Crippen molar-refractivity contribution >= 4 is 13.7 Å². The number of hydrogen-bond donors (Lipinski definition) is 3. The topological polar surface area (TPSA) is 105 Å². The second-order valence-electron chi connectivity index (χ2n) is 10.1. The fraction of sp³-hybridized carbons (Fsp3) is 0.808. The van der Waals surface area contributed by atoms with Gasteiger partial charge in [0.05, 0.1) is 39.9 Å². The molecule has 0 aliphatic heterocycles. The molecule has 0 heterocycles. The van der Waals surface area contributed by atoms with E-state index in [0.29, 0.717) is 17.4 Å². The van der Waals surface area contributed by atoms with E-state index in [-0.39, 0.29) is 19.1 Å². The van der Waals surface area contributed by atoms with Gasteiger partial charge in [0.25, 0.3) is 0 Å². The Morgan fingerprint density at radius 2 is 1.57 bits per heavy atom. The highest BCUT2D eigenvalue weighted by molar-refractivity contribution is 7.47. The Bertz CT molecular complexity index is 648. The highest BCUT2D eigenvalue weighted by Gasteiger charge is 2.27. The number of carbonyl (C=O) groups is 1. The van der Waals surface area contributed by atoms with Crippen LogP contribution in [0, 0.1) is 0 Å². The Kier molecular flexibility index (Phi) is 19.5. The van der Waals surface area contributed by atoms with Crippen molar-refractivity contribution in [3.8, 4) is 0 Å². The second-order valence-corrected chi connectivity index (χ2v) is 11.5. The highest BCUT2D eigenvalue weighted by Crippen LogP contribution is 2.43. The molecular formula is C26H52N2O6P+. The summed E-state index contributed by atoms with van der Waals surface area (Å²) < 4.78 is 23.0. The van der Waals surface area contributed by atoms with Crippen LogP contribution < -0.4 is 5.32 Å². The zero-order chi connectivity index (χ0) is 26.6. The molecule has 9 heteroatoms. The van der Waals surface area contributed by atoms with Gasteiger partial charge in [-0.25, -0.2) is 4.57 Å². The maximum absolute atomic E-state index is 12.5. The number of unbranched alkanes of at least 4 members (excludes halogenated alkanes) is 7. The number of carbonyl (C=O) groups excluding carboxylic acids is 1. The predicted molar refractivity (Wildman–Crippen MR) is 143 cm³/mol. The Balaban J connectivity index is 4.82. The van der Waals surface area contributed by atoms with Crippen molar-refractivity contribution < 1.29 is 32.9 Å². The molecule has 8 nitrogen and oxygen atoms in total. The van der Waals surface area contributed by atoms with Gasteiger partial charge in [-0.2, -0.15) is 0 Å². The van der Waals surface area contributed by atoms with Gasteiger partial charge >= 0.3 is 7.82 Å². The lowest BCUT2D eigenvalue weighted by atomic mass is 10.1. The molecule has 0 aromatic heterocycles. The van der Waals surface area contributed by atoms with E-state index in [4.69, 9.17) is 9.05 Å². The summed E-state index contributed by atoms with van der Waals surface area (Å²) in [5, 5.41) is 13.4. The molecule has 0 aromatic rings. The van der Waals surface area contributed by atoms with E-state index in [2.05, 4.69) is 31.3 Å². The number of quaternary nitrogens is 1. The lowest BCUT2D eigenvalue weighted by molar-refractivity contribution is -0.870. The summed E-state index contributed by atoms with van der Waals surface area (Å²) in [6.45, 7) is 4.55. The number of hydrogen-bond acceptors (Lipinski definition) is 5. The van der Waals surface area contributed by atoms with Crippen LogP contribution in [0.2, 0.25) is 0 Å². The van der Waals surface area contributed by atoms with Crippen molar-refractivity contribution in [2.75, 3.05) is 40.9 Å². The Hall–Kier alpha value is -1.02. The normalized spacial score (nSPS) is 16.0. The summed E-state index contributed by atoms with van der Waals surface area (Å²) in [6.07, 6.45) is 17.2. The molecule has 3 N–H and O–H groups in total. The van der Waals surface area contributed by atoms with Crippen LogP contribution in [-0.2, 0) is 18.4 Å². The van der Waals surface area contributed by atoms with Crippen LogP contribution in [-0.4, -0.2) is 73.4 Å². The van der Waals surface area contributed by atoms with Gasteiger partial charge in [-0.15, -0.1) is 0 Å². The van der Waals surface area contributed by atoms with E-state index in [1.165, 1.54) is 19.3 Å². The van der Waals surface area contributed by atoms with Crippen molar-refractivity contribution in [2.24, 2.45) is 0 Å². The van der Waals surface area contributed by atoms with Crippen molar-refractivity contribution in [2.45, 2.75) is 96.6 Å². The number of rotatable bonds is 22. The molecule has 0 radical (unpaired) electrons. The first-order chi connectivity index (χ1) is 16.5. The molecule has 0 aliphatic rings. The van der Waals surface area contributed by atoms with Crippen LogP contribution in [0.25, 0.3) is 0 Å². The van der Waals surface area contributed by atoms with E-state index in [9.17, 15) is 19.4 Å². The summed E-state index contributed by atoms with van der Waals surface area (Å²) in [5.41, 5.74) is 0. The fourth-order valence-corrected chi connectivity index (χ4v) is 3.91. The molecule has 0 aromatic carbocycles. The number of nitrogens with zero attached hydrogens (tertiary/aromatic N) is 1. The van der Waals surface area contributed by atoms with Gasteiger partial charge in [0, 0.05) is 6.42 Å². The van der Waals surface area contributed by atoms with Gasteiger partial charge in [0.15, 0.2) is 0 Å². The molecular weight excluding hydrogens is 467 g/mol. The maximum Gasteiger partial charge on any atom is 0.472 e. The minimum Gasteiger partial charge on any atom is -0.387 e. The van der Waals surface area contributed by atoms with E-state index < -0.39 is 20.0 Å². The van der Waals surface area contributed by atoms with Crippen LogP contribution >= 0.6 is 7.82 Å². The Morgan fingerprint density at radius 1 is 0.943 bits per heavy atom. The molecule has 1 amide bonds. The van der Waals surface area contributed by atoms with Crippen molar-refractivity contribution in [1.82, 2.24) is 5.32 Å². The van der Waals surface area contributed by atoms with E-state index in [1.54, 1.807) is 6.08 Å². The van der Waals surface area contributed by atoms with Crippen LogP contribution in [0.4, 0.5) is 0 Å². The minimum absolute atomic E-state index is 0.0559. The number of phosphoric ester groups is 1. The minimum atomic E-state index is -4.31. The molecule has 0 saturated carbocycles. The molecule has 0 fully saturated rings. The third-order valence-corrected chi connectivity index (χ3v) is 6.39. The zero-order valence-corrected chi connectivity index (χ0v) is 23.7. The number of aliphatic hydroxyl groups excluding tert-OH is 1.